The summed E-state index contributed by atoms with van der Waals surface area (Å²) in [5.74, 6) is 6.10. The molecule has 0 aromatic carbocycles. The summed E-state index contributed by atoms with van der Waals surface area (Å²) < 4.78 is 11.1. The molecular weight excluding hydrogens is 199 g/mol. The Hall–Kier alpha value is -0.715. The quantitative estimate of drug-likeness (QED) is 0.285. The Kier molecular flexibility index (Phi) is 9.08. The van der Waals surface area contributed by atoms with Crippen LogP contribution in [0.3, 0.4) is 0 Å². The number of rotatable bonds is 7. The zero-order valence-electron chi connectivity index (χ0n) is 11.0. The van der Waals surface area contributed by atoms with Crippen molar-refractivity contribution in [1.29, 1.82) is 0 Å². The number of hydrogen-bond acceptors (Lipinski definition) is 2. The molecule has 0 rings (SSSR count). The highest BCUT2D eigenvalue weighted by atomic mass is 16.6. The van der Waals surface area contributed by atoms with E-state index in [4.69, 9.17) is 9.31 Å². The van der Waals surface area contributed by atoms with Crippen molar-refractivity contribution in [2.45, 2.75) is 59.2 Å². The summed E-state index contributed by atoms with van der Waals surface area (Å²) >= 11 is 0. The van der Waals surface area contributed by atoms with Crippen molar-refractivity contribution in [2.75, 3.05) is 0 Å². The normalized spacial score (nSPS) is 10.1. The third-order valence-corrected chi connectivity index (χ3v) is 1.72. The van der Waals surface area contributed by atoms with Crippen molar-refractivity contribution >= 4 is 7.12 Å². The Labute approximate surface area is 101 Å². The highest BCUT2D eigenvalue weighted by Crippen LogP contribution is 2.00. The van der Waals surface area contributed by atoms with Crippen molar-refractivity contribution in [3.63, 3.8) is 0 Å². The number of allylic oxidation sites excluding steroid dienone is 1. The second kappa shape index (κ2) is 9.51. The summed E-state index contributed by atoms with van der Waals surface area (Å²) in [6, 6.07) is 0. The molecule has 0 aliphatic rings. The first-order chi connectivity index (χ1) is 7.56. The van der Waals surface area contributed by atoms with E-state index in [2.05, 4.69) is 18.3 Å². The largest absolute Gasteiger partial charge is 0.550 e. The maximum Gasteiger partial charge on any atom is 0.550 e. The van der Waals surface area contributed by atoms with Crippen LogP contribution in [0.4, 0.5) is 0 Å². The molecule has 90 valence electrons. The van der Waals surface area contributed by atoms with Gasteiger partial charge in [0.1, 0.15) is 0 Å². The van der Waals surface area contributed by atoms with E-state index < -0.39 is 7.12 Å². The molecule has 0 aromatic rings. The molecule has 3 heteroatoms. The van der Waals surface area contributed by atoms with Gasteiger partial charge in [0.15, 0.2) is 0 Å². The van der Waals surface area contributed by atoms with Crippen LogP contribution in [-0.2, 0) is 9.31 Å². The highest BCUT2D eigenvalue weighted by molar-refractivity contribution is 6.54. The number of hydrogen-bond donors (Lipinski definition) is 0. The van der Waals surface area contributed by atoms with Gasteiger partial charge in [0, 0.05) is 18.6 Å². The van der Waals surface area contributed by atoms with Gasteiger partial charge in [-0.3, -0.25) is 0 Å². The lowest BCUT2D eigenvalue weighted by molar-refractivity contribution is 0.140. The summed E-state index contributed by atoms with van der Waals surface area (Å²) in [7, 11) is -0.399. The molecule has 0 atom stereocenters. The second-order valence-corrected chi connectivity index (χ2v) is 4.20. The zero-order chi connectivity index (χ0) is 12.4. The van der Waals surface area contributed by atoms with Crippen molar-refractivity contribution in [3.05, 3.63) is 12.7 Å². The Balaban J connectivity index is 4.02. The molecule has 16 heavy (non-hydrogen) atoms. The van der Waals surface area contributed by atoms with Crippen molar-refractivity contribution in [2.24, 2.45) is 0 Å². The lowest BCUT2D eigenvalue weighted by Crippen LogP contribution is -2.28. The van der Waals surface area contributed by atoms with Crippen molar-refractivity contribution < 1.29 is 9.31 Å². The van der Waals surface area contributed by atoms with Crippen molar-refractivity contribution in [3.8, 4) is 11.7 Å². The van der Waals surface area contributed by atoms with E-state index in [1.54, 1.807) is 0 Å². The molecule has 2 nitrogen and oxygen atoms in total. The molecule has 0 heterocycles. The Morgan fingerprint density at radius 1 is 1.19 bits per heavy atom. The van der Waals surface area contributed by atoms with Crippen LogP contribution < -0.4 is 0 Å². The van der Waals surface area contributed by atoms with E-state index in [-0.39, 0.29) is 12.2 Å². The minimum absolute atomic E-state index is 0.131. The average molecular weight is 222 g/mol. The summed E-state index contributed by atoms with van der Waals surface area (Å²) in [6.45, 7) is 11.6. The van der Waals surface area contributed by atoms with E-state index in [0.717, 1.165) is 19.3 Å². The lowest BCUT2D eigenvalue weighted by Gasteiger charge is -2.14. The van der Waals surface area contributed by atoms with Gasteiger partial charge >= 0.3 is 7.12 Å². The molecule has 0 saturated heterocycles. The molecule has 0 spiro atoms. The van der Waals surface area contributed by atoms with Crippen LogP contribution in [0.2, 0.25) is 0 Å². The maximum absolute atomic E-state index is 5.55. The van der Waals surface area contributed by atoms with Gasteiger partial charge in [0.25, 0.3) is 0 Å². The van der Waals surface area contributed by atoms with Crippen LogP contribution in [-0.4, -0.2) is 19.3 Å². The summed E-state index contributed by atoms with van der Waals surface area (Å²) in [6.07, 6.45) is 5.10. The van der Waals surface area contributed by atoms with Crippen LogP contribution in [0.25, 0.3) is 0 Å². The summed E-state index contributed by atoms with van der Waals surface area (Å²) in [5, 5.41) is 0. The van der Waals surface area contributed by atoms with Gasteiger partial charge in [-0.15, -0.1) is 12.5 Å². The smallest absolute Gasteiger partial charge is 0.398 e. The minimum atomic E-state index is -0.399. The SMILES string of the molecule is C=CCCCC#CB(OC(C)C)OC(C)C. The fourth-order valence-electron chi connectivity index (χ4n) is 1.08. The fourth-order valence-corrected chi connectivity index (χ4v) is 1.08. The molecule has 0 amide bonds. The van der Waals surface area contributed by atoms with E-state index >= 15 is 0 Å². The van der Waals surface area contributed by atoms with Gasteiger partial charge in [0.2, 0.25) is 0 Å². The monoisotopic (exact) mass is 222 g/mol. The fraction of sp³-hybridized carbons (Fsp3) is 0.692. The highest BCUT2D eigenvalue weighted by Gasteiger charge is 2.18. The average Bonchev–Trinajstić information content (AvgIpc) is 2.15. The Bertz CT molecular complexity index is 228. The van der Waals surface area contributed by atoms with Gasteiger partial charge in [-0.2, -0.15) is 0 Å². The number of unbranched alkanes of at least 4 members (excludes halogenated alkanes) is 2. The molecule has 0 aliphatic carbocycles. The van der Waals surface area contributed by atoms with Crippen LogP contribution in [0.1, 0.15) is 47.0 Å². The molecule has 0 saturated carbocycles. The third kappa shape index (κ3) is 9.83. The van der Waals surface area contributed by atoms with Gasteiger partial charge in [-0.1, -0.05) is 11.9 Å². The van der Waals surface area contributed by atoms with Gasteiger partial charge in [-0.05, 0) is 40.5 Å². The van der Waals surface area contributed by atoms with Crippen LogP contribution in [0.15, 0.2) is 12.7 Å². The van der Waals surface area contributed by atoms with E-state index in [1.807, 2.05) is 33.8 Å². The van der Waals surface area contributed by atoms with Gasteiger partial charge in [-0.25, -0.2) is 0 Å². The topological polar surface area (TPSA) is 18.5 Å². The van der Waals surface area contributed by atoms with E-state index in [9.17, 15) is 0 Å². The maximum atomic E-state index is 5.55. The molecule has 0 fully saturated rings. The van der Waals surface area contributed by atoms with Gasteiger partial charge < -0.3 is 9.31 Å². The third-order valence-electron chi connectivity index (χ3n) is 1.72. The predicted octanol–water partition coefficient (Wildman–Crippen LogP) is 3.22. The van der Waals surface area contributed by atoms with Crippen LogP contribution in [0.5, 0.6) is 0 Å². The van der Waals surface area contributed by atoms with Crippen LogP contribution in [0, 0.1) is 11.7 Å². The predicted molar refractivity (Wildman–Crippen MR) is 70.0 cm³/mol. The Morgan fingerprint density at radius 2 is 1.75 bits per heavy atom. The lowest BCUT2D eigenvalue weighted by atomic mass is 9.90. The van der Waals surface area contributed by atoms with Crippen molar-refractivity contribution in [1.82, 2.24) is 0 Å². The molecule has 0 aromatic heterocycles. The van der Waals surface area contributed by atoms with E-state index in [1.165, 1.54) is 0 Å². The summed E-state index contributed by atoms with van der Waals surface area (Å²) in [4.78, 5) is 0. The summed E-state index contributed by atoms with van der Waals surface area (Å²) in [5.41, 5.74) is 0. The first-order valence-electron chi connectivity index (χ1n) is 5.96. The first-order valence-corrected chi connectivity index (χ1v) is 5.96. The first kappa shape index (κ1) is 15.3. The Morgan fingerprint density at radius 3 is 2.19 bits per heavy atom. The van der Waals surface area contributed by atoms with Gasteiger partial charge in [0.05, 0.1) is 0 Å². The molecule has 0 bridgehead atoms. The standard InChI is InChI=1S/C13H23BO2/c1-6-7-8-9-10-11-14(15-12(2)3)16-13(4)5/h6,12-13H,1,7-9H2,2-5H3. The molecular formula is C13H23BO2. The molecule has 0 unspecified atom stereocenters. The zero-order valence-corrected chi connectivity index (χ0v) is 11.0. The molecule has 0 N–H and O–H groups in total. The van der Waals surface area contributed by atoms with E-state index in [0.29, 0.717) is 0 Å². The minimum Gasteiger partial charge on any atom is -0.398 e. The molecule has 0 radical (unpaired) electrons. The second-order valence-electron chi connectivity index (χ2n) is 4.20. The van der Waals surface area contributed by atoms with Crippen LogP contribution >= 0.6 is 0 Å². The molecule has 0 aliphatic heterocycles.